The summed E-state index contributed by atoms with van der Waals surface area (Å²) in [5.41, 5.74) is -0.363. The number of urea groups is 1. The largest absolute Gasteiger partial charge is 0.491 e. The first-order valence-corrected chi connectivity index (χ1v) is 6.14. The maximum Gasteiger partial charge on any atom is 0.315 e. The molecule has 19 heavy (non-hydrogen) atoms. The third-order valence-electron chi connectivity index (χ3n) is 2.66. The van der Waals surface area contributed by atoms with Crippen molar-refractivity contribution in [1.29, 1.82) is 0 Å². The molecule has 0 fully saturated rings. The van der Waals surface area contributed by atoms with Crippen LogP contribution < -0.4 is 15.4 Å². The molecule has 1 rings (SSSR count). The number of rotatable bonds is 5. The molecule has 1 aromatic carbocycles. The van der Waals surface area contributed by atoms with E-state index in [0.29, 0.717) is 11.8 Å². The van der Waals surface area contributed by atoms with Crippen molar-refractivity contribution in [3.05, 3.63) is 29.8 Å². The first-order valence-electron chi connectivity index (χ1n) is 6.14. The number of ether oxygens (including phenoxy) is 1. The van der Waals surface area contributed by atoms with Crippen molar-refractivity contribution < 1.29 is 14.3 Å². The number of aldehydes is 1. The Balaban J connectivity index is 2.92. The van der Waals surface area contributed by atoms with Crippen LogP contribution in [0.4, 0.5) is 4.79 Å². The van der Waals surface area contributed by atoms with Gasteiger partial charge in [-0.2, -0.15) is 0 Å². The number of carbonyl (C=O) groups excluding carboxylic acids is 2. The molecule has 0 aromatic heterocycles. The molecule has 0 aliphatic carbocycles. The Morgan fingerprint density at radius 3 is 2.32 bits per heavy atom. The minimum absolute atomic E-state index is 0.0901. The molecule has 0 radical (unpaired) electrons. The molecule has 1 atom stereocenters. The van der Waals surface area contributed by atoms with Gasteiger partial charge in [-0.3, -0.25) is 0 Å². The Kier molecular flexibility index (Phi) is 4.92. The van der Waals surface area contributed by atoms with Gasteiger partial charge in [0.05, 0.1) is 6.10 Å². The van der Waals surface area contributed by atoms with Gasteiger partial charge in [0.25, 0.3) is 0 Å². The van der Waals surface area contributed by atoms with E-state index in [1.165, 1.54) is 7.05 Å². The van der Waals surface area contributed by atoms with Crippen LogP contribution in [0.3, 0.4) is 0 Å². The molecule has 0 saturated carbocycles. The van der Waals surface area contributed by atoms with Crippen LogP contribution in [0, 0.1) is 0 Å². The molecule has 0 bridgehead atoms. The Bertz CT molecular complexity index is 443. The highest BCUT2D eigenvalue weighted by Crippen LogP contribution is 2.22. The van der Waals surface area contributed by atoms with E-state index in [9.17, 15) is 9.59 Å². The van der Waals surface area contributed by atoms with Gasteiger partial charge in [-0.15, -0.1) is 0 Å². The highest BCUT2D eigenvalue weighted by atomic mass is 16.5. The normalized spacial score (nSPS) is 13.5. The SMILES string of the molecule is CNC(=O)NC(C)(C=O)c1ccc(OC(C)C)cc1. The topological polar surface area (TPSA) is 67.4 Å². The fraction of sp³-hybridized carbons (Fsp3) is 0.429. The second-order valence-electron chi connectivity index (χ2n) is 4.72. The molecule has 0 aliphatic rings. The van der Waals surface area contributed by atoms with Crippen molar-refractivity contribution in [3.63, 3.8) is 0 Å². The van der Waals surface area contributed by atoms with Gasteiger partial charge >= 0.3 is 6.03 Å². The lowest BCUT2D eigenvalue weighted by Crippen LogP contribution is -2.48. The van der Waals surface area contributed by atoms with E-state index >= 15 is 0 Å². The first-order chi connectivity index (χ1) is 8.91. The zero-order valence-corrected chi connectivity index (χ0v) is 11.7. The Hall–Kier alpha value is -2.04. The molecule has 5 heteroatoms. The molecular weight excluding hydrogens is 244 g/mol. The summed E-state index contributed by atoms with van der Waals surface area (Å²) in [5, 5.41) is 5.04. The van der Waals surface area contributed by atoms with Gasteiger partial charge in [0.2, 0.25) is 0 Å². The lowest BCUT2D eigenvalue weighted by molar-refractivity contribution is -0.112. The fourth-order valence-electron chi connectivity index (χ4n) is 1.62. The van der Waals surface area contributed by atoms with Gasteiger partial charge in [-0.1, -0.05) is 12.1 Å². The van der Waals surface area contributed by atoms with Crippen molar-refractivity contribution in [2.24, 2.45) is 0 Å². The molecule has 2 amide bonds. The highest BCUT2D eigenvalue weighted by Gasteiger charge is 2.27. The van der Waals surface area contributed by atoms with Crippen LogP contribution >= 0.6 is 0 Å². The predicted octanol–water partition coefficient (Wildman–Crippen LogP) is 1.82. The molecule has 0 spiro atoms. The molecule has 0 aliphatic heterocycles. The van der Waals surface area contributed by atoms with Crippen LogP contribution in [0.1, 0.15) is 26.3 Å². The molecular formula is C14H20N2O3. The lowest BCUT2D eigenvalue weighted by Gasteiger charge is -2.25. The van der Waals surface area contributed by atoms with E-state index < -0.39 is 11.6 Å². The van der Waals surface area contributed by atoms with E-state index in [4.69, 9.17) is 4.74 Å². The highest BCUT2D eigenvalue weighted by molar-refractivity contribution is 5.81. The van der Waals surface area contributed by atoms with E-state index in [0.717, 1.165) is 5.75 Å². The second-order valence-corrected chi connectivity index (χ2v) is 4.72. The van der Waals surface area contributed by atoms with Crippen LogP contribution in [-0.2, 0) is 10.3 Å². The number of amides is 2. The maximum absolute atomic E-state index is 11.4. The van der Waals surface area contributed by atoms with Crippen LogP contribution in [0.15, 0.2) is 24.3 Å². The van der Waals surface area contributed by atoms with Crippen molar-refractivity contribution in [1.82, 2.24) is 10.6 Å². The molecule has 2 N–H and O–H groups in total. The summed E-state index contributed by atoms with van der Waals surface area (Å²) in [6, 6.07) is 6.69. The van der Waals surface area contributed by atoms with Gasteiger partial charge in [0, 0.05) is 7.05 Å². The average molecular weight is 264 g/mol. The van der Waals surface area contributed by atoms with Crippen LogP contribution in [0.5, 0.6) is 5.75 Å². The monoisotopic (exact) mass is 264 g/mol. The van der Waals surface area contributed by atoms with Crippen LogP contribution in [0.25, 0.3) is 0 Å². The number of hydrogen-bond donors (Lipinski definition) is 2. The fourth-order valence-corrected chi connectivity index (χ4v) is 1.62. The molecule has 0 heterocycles. The summed E-state index contributed by atoms with van der Waals surface area (Å²) in [4.78, 5) is 22.6. The van der Waals surface area contributed by atoms with Crippen LogP contribution in [-0.4, -0.2) is 25.5 Å². The Labute approximate surface area is 113 Å². The Morgan fingerprint density at radius 2 is 1.89 bits per heavy atom. The predicted molar refractivity (Wildman–Crippen MR) is 73.2 cm³/mol. The summed E-state index contributed by atoms with van der Waals surface area (Å²) in [6.45, 7) is 5.53. The minimum Gasteiger partial charge on any atom is -0.491 e. The number of carbonyl (C=O) groups is 2. The van der Waals surface area contributed by atoms with Gasteiger partial charge in [0.15, 0.2) is 0 Å². The molecule has 5 nitrogen and oxygen atoms in total. The maximum atomic E-state index is 11.4. The summed E-state index contributed by atoms with van der Waals surface area (Å²) in [7, 11) is 1.50. The van der Waals surface area contributed by atoms with E-state index in [1.54, 1.807) is 31.2 Å². The van der Waals surface area contributed by atoms with Gasteiger partial charge in [-0.05, 0) is 38.5 Å². The summed E-state index contributed by atoms with van der Waals surface area (Å²) in [6.07, 6.45) is 0.799. The summed E-state index contributed by atoms with van der Waals surface area (Å²) in [5.74, 6) is 0.729. The quantitative estimate of drug-likeness (QED) is 0.797. The van der Waals surface area contributed by atoms with Gasteiger partial charge < -0.3 is 20.2 Å². The standard InChI is InChI=1S/C14H20N2O3/c1-10(2)19-12-7-5-11(6-8-12)14(3,9-17)16-13(18)15-4/h5-10H,1-4H3,(H2,15,16,18). The number of hydrogen-bond acceptors (Lipinski definition) is 3. The third kappa shape index (κ3) is 3.98. The zero-order chi connectivity index (χ0) is 14.5. The lowest BCUT2D eigenvalue weighted by atomic mass is 9.94. The summed E-state index contributed by atoms with van der Waals surface area (Å²) >= 11 is 0. The van der Waals surface area contributed by atoms with Crippen molar-refractivity contribution >= 4 is 12.3 Å². The van der Waals surface area contributed by atoms with Crippen molar-refractivity contribution in [2.75, 3.05) is 7.05 Å². The number of nitrogens with one attached hydrogen (secondary N) is 2. The molecule has 0 saturated heterocycles. The van der Waals surface area contributed by atoms with Gasteiger partial charge in [-0.25, -0.2) is 4.79 Å². The van der Waals surface area contributed by atoms with E-state index in [2.05, 4.69) is 10.6 Å². The van der Waals surface area contributed by atoms with E-state index in [-0.39, 0.29) is 6.10 Å². The first kappa shape index (κ1) is 15.0. The van der Waals surface area contributed by atoms with Crippen LogP contribution in [0.2, 0.25) is 0 Å². The summed E-state index contributed by atoms with van der Waals surface area (Å²) < 4.78 is 5.53. The molecule has 1 unspecified atom stereocenters. The average Bonchev–Trinajstić information content (AvgIpc) is 2.38. The smallest absolute Gasteiger partial charge is 0.315 e. The zero-order valence-electron chi connectivity index (χ0n) is 11.7. The number of benzene rings is 1. The van der Waals surface area contributed by atoms with Crippen molar-refractivity contribution in [3.8, 4) is 5.75 Å². The molecule has 104 valence electrons. The van der Waals surface area contributed by atoms with Gasteiger partial charge in [0.1, 0.15) is 17.6 Å². The minimum atomic E-state index is -1.06. The Morgan fingerprint density at radius 1 is 1.32 bits per heavy atom. The molecule has 1 aromatic rings. The van der Waals surface area contributed by atoms with E-state index in [1.807, 2.05) is 13.8 Å². The third-order valence-corrected chi connectivity index (χ3v) is 2.66. The van der Waals surface area contributed by atoms with Crippen molar-refractivity contribution in [2.45, 2.75) is 32.4 Å². The second kappa shape index (κ2) is 6.22.